The van der Waals surface area contributed by atoms with E-state index < -0.39 is 0 Å². The maximum absolute atomic E-state index is 10.4. The van der Waals surface area contributed by atoms with Gasteiger partial charge in [0.25, 0.3) is 0 Å². The van der Waals surface area contributed by atoms with Crippen LogP contribution in [0.3, 0.4) is 0 Å². The van der Waals surface area contributed by atoms with Crippen LogP contribution < -0.4 is 0 Å². The van der Waals surface area contributed by atoms with E-state index in [1.165, 1.54) is 24.0 Å². The molecule has 0 amide bonds. The Morgan fingerprint density at radius 1 is 1.33 bits per heavy atom. The number of carbonyl (C=O) groups is 1. The second-order valence-corrected chi connectivity index (χ2v) is 2.32. The molecule has 0 radical (unpaired) electrons. The quantitative estimate of drug-likeness (QED) is 0.480. The van der Waals surface area contributed by atoms with Gasteiger partial charge in [-0.1, -0.05) is 0 Å². The summed E-state index contributed by atoms with van der Waals surface area (Å²) in [7, 11) is 0. The summed E-state index contributed by atoms with van der Waals surface area (Å²) < 4.78 is 4.32. The van der Waals surface area contributed by atoms with Crippen molar-refractivity contribution in [2.24, 2.45) is 0 Å². The summed E-state index contributed by atoms with van der Waals surface area (Å²) in [5.41, 5.74) is 1.01. The summed E-state index contributed by atoms with van der Waals surface area (Å²) in [6.45, 7) is 0. The molecule has 3 heteroatoms. The predicted octanol–water partition coefficient (Wildman–Crippen LogP) is 1.96. The van der Waals surface area contributed by atoms with Crippen LogP contribution in [-0.4, -0.2) is 22.4 Å². The molecular weight excluding hydrogens is 147 g/mol. The zero-order chi connectivity index (χ0) is 8.81. The summed E-state index contributed by atoms with van der Waals surface area (Å²) in [6.07, 6.45) is 3.12. The molecule has 0 atom stereocenters. The van der Waals surface area contributed by atoms with Crippen LogP contribution in [0.5, 0.6) is 0 Å². The van der Waals surface area contributed by atoms with E-state index >= 15 is 0 Å². The first-order valence-electron chi connectivity index (χ1n) is 3.68. The van der Waals surface area contributed by atoms with E-state index in [4.69, 9.17) is 0 Å². The Hall–Kier alpha value is -0.973. The molecule has 0 unspecified atom stereocenters. The molecule has 12 heavy (non-hydrogen) atoms. The van der Waals surface area contributed by atoms with Crippen molar-refractivity contribution in [1.82, 2.24) is 0 Å². The van der Waals surface area contributed by atoms with Crippen LogP contribution in [0.1, 0.15) is 5.56 Å². The molecule has 0 aromatic heterocycles. The van der Waals surface area contributed by atoms with Gasteiger partial charge >= 0.3 is 80.1 Å². The van der Waals surface area contributed by atoms with Gasteiger partial charge in [0, 0.05) is 0 Å². The van der Waals surface area contributed by atoms with Crippen LogP contribution in [0.15, 0.2) is 36.6 Å². The van der Waals surface area contributed by atoms with Crippen LogP contribution in [0.25, 0.3) is 6.08 Å². The summed E-state index contributed by atoms with van der Waals surface area (Å²) in [6, 6.07) is 9.64. The monoisotopic (exact) mass is 154 g/mol. The van der Waals surface area contributed by atoms with Crippen molar-refractivity contribution >= 4 is 28.4 Å². The fourth-order valence-corrected chi connectivity index (χ4v) is 0.773. The van der Waals surface area contributed by atoms with Crippen molar-refractivity contribution in [2.45, 2.75) is 0 Å². The Bertz CT molecular complexity index is 280. The molecule has 2 nitrogen and oxygen atoms in total. The minimum atomic E-state index is -0.304. The molecule has 0 saturated carbocycles. The summed E-state index contributed by atoms with van der Waals surface area (Å²) in [4.78, 5) is 10.4. The number of carbonyl (C=O) groups excluding carboxylic acids is 1. The molecule has 0 bridgehead atoms. The van der Waals surface area contributed by atoms with Crippen molar-refractivity contribution < 1.29 is 9.53 Å². The number of ether oxygens (including phenoxy) is 1. The Kier molecular flexibility index (Phi) is 3.66. The summed E-state index contributed by atoms with van der Waals surface area (Å²) in [5, 5.41) is 0. The average molecular weight is 154 g/mol. The molecule has 0 N–H and O–H groups in total. The fourth-order valence-electron chi connectivity index (χ4n) is 0.773. The van der Waals surface area contributed by atoms with Crippen molar-refractivity contribution in [3.63, 3.8) is 0 Å². The number of rotatable bonds is 2. The molecule has 0 heterocycles. The normalized spacial score (nSPS) is 10.2. The van der Waals surface area contributed by atoms with Crippen LogP contribution in [-0.2, 0) is 4.74 Å². The van der Waals surface area contributed by atoms with Gasteiger partial charge in [-0.3, -0.25) is 0 Å². The van der Waals surface area contributed by atoms with Crippen LogP contribution in [0.4, 0.5) is 4.79 Å². The second-order valence-electron chi connectivity index (χ2n) is 2.32. The predicted molar refractivity (Wildman–Crippen MR) is 47.7 cm³/mol. The van der Waals surface area contributed by atoms with E-state index in [0.717, 1.165) is 5.56 Å². The van der Waals surface area contributed by atoms with Gasteiger partial charge in [-0.2, -0.15) is 0 Å². The van der Waals surface area contributed by atoms with E-state index in [9.17, 15) is 4.79 Å². The van der Waals surface area contributed by atoms with Gasteiger partial charge in [-0.15, -0.1) is 0 Å². The van der Waals surface area contributed by atoms with Gasteiger partial charge < -0.3 is 0 Å². The Morgan fingerprint density at radius 2 is 2.00 bits per heavy atom. The van der Waals surface area contributed by atoms with E-state index in [2.05, 4.69) is 4.74 Å². The van der Waals surface area contributed by atoms with E-state index in [1.54, 1.807) is 6.08 Å². The third kappa shape index (κ3) is 3.43. The molecule has 1 aromatic carbocycles. The Balaban J connectivity index is 2.52. The first kappa shape index (κ1) is 9.12. The Labute approximate surface area is 80.4 Å². The number of hydrogen-bond acceptors (Lipinski definition) is 2. The van der Waals surface area contributed by atoms with Crippen LogP contribution in [0, 0.1) is 0 Å². The average Bonchev–Trinajstić information content (AvgIpc) is 2.05. The zero-order valence-corrected chi connectivity index (χ0v) is 6.86. The standard InChI is InChI=1S/C9H7O2.Li/c10-8-11-7-6-9-4-2-1-3-5-9;/h1-7H;. The van der Waals surface area contributed by atoms with Gasteiger partial charge in [0.1, 0.15) is 0 Å². The molecule has 1 rings (SSSR count). The molecule has 0 aliphatic rings. The van der Waals surface area contributed by atoms with E-state index in [-0.39, 0.29) is 4.64 Å². The molecular formula is C9H7LiO2. The topological polar surface area (TPSA) is 26.3 Å². The second kappa shape index (κ2) is 4.82. The van der Waals surface area contributed by atoms with Crippen molar-refractivity contribution in [1.29, 1.82) is 0 Å². The van der Waals surface area contributed by atoms with Crippen LogP contribution in [0.2, 0.25) is 0 Å². The molecule has 0 saturated heterocycles. The summed E-state index contributed by atoms with van der Waals surface area (Å²) >= 11 is 1.37. The van der Waals surface area contributed by atoms with Gasteiger partial charge in [0.05, 0.1) is 0 Å². The van der Waals surface area contributed by atoms with E-state index in [0.29, 0.717) is 0 Å². The first-order valence-corrected chi connectivity index (χ1v) is 3.68. The third-order valence-electron chi connectivity index (χ3n) is 1.29. The molecule has 56 valence electrons. The third-order valence-corrected chi connectivity index (χ3v) is 1.29. The van der Waals surface area contributed by atoms with Crippen molar-refractivity contribution in [2.75, 3.05) is 0 Å². The molecule has 1 aromatic rings. The maximum atomic E-state index is 10.4. The first-order chi connectivity index (χ1) is 5.79. The molecule has 0 aliphatic carbocycles. The number of hydrogen-bond donors (Lipinski definition) is 0. The van der Waals surface area contributed by atoms with Crippen molar-refractivity contribution in [3.8, 4) is 0 Å². The zero-order valence-electron chi connectivity index (χ0n) is 6.86. The van der Waals surface area contributed by atoms with E-state index in [1.807, 2.05) is 30.3 Å². The number of benzene rings is 1. The molecule has 0 spiro atoms. The van der Waals surface area contributed by atoms with Gasteiger partial charge in [0.15, 0.2) is 0 Å². The Morgan fingerprint density at radius 3 is 2.58 bits per heavy atom. The SMILES string of the molecule is [Li][C](=O)OC=Cc1ccccc1. The molecule has 0 fully saturated rings. The van der Waals surface area contributed by atoms with Crippen molar-refractivity contribution in [3.05, 3.63) is 42.2 Å². The van der Waals surface area contributed by atoms with Gasteiger partial charge in [-0.25, -0.2) is 0 Å². The fraction of sp³-hybridized carbons (Fsp3) is 0. The van der Waals surface area contributed by atoms with Gasteiger partial charge in [0.2, 0.25) is 0 Å². The van der Waals surface area contributed by atoms with Gasteiger partial charge in [-0.05, 0) is 0 Å². The summed E-state index contributed by atoms with van der Waals surface area (Å²) in [5.74, 6) is 0. The minimum absolute atomic E-state index is 0.304. The van der Waals surface area contributed by atoms with Crippen LogP contribution >= 0.6 is 0 Å². The molecule has 0 aliphatic heterocycles.